The van der Waals surface area contributed by atoms with Crippen LogP contribution in [0.4, 0.5) is 4.39 Å². The highest BCUT2D eigenvalue weighted by molar-refractivity contribution is 7.96. The Labute approximate surface area is 169 Å². The molecule has 29 heavy (non-hydrogen) atoms. The highest BCUT2D eigenvalue weighted by Gasteiger charge is 2.45. The number of halogens is 1. The Bertz CT molecular complexity index is 1230. The Balaban J connectivity index is 1.51. The van der Waals surface area contributed by atoms with E-state index in [2.05, 4.69) is 10.3 Å². The van der Waals surface area contributed by atoms with Crippen molar-refractivity contribution in [3.63, 3.8) is 0 Å². The smallest absolute Gasteiger partial charge is 0.183 e. The summed E-state index contributed by atoms with van der Waals surface area (Å²) in [5.41, 5.74) is 2.09. The van der Waals surface area contributed by atoms with Crippen molar-refractivity contribution >= 4 is 30.6 Å². The van der Waals surface area contributed by atoms with Crippen molar-refractivity contribution in [2.45, 2.75) is 22.6 Å². The van der Waals surface area contributed by atoms with E-state index in [1.807, 2.05) is 30.5 Å². The largest absolute Gasteiger partial charge is 0.361 e. The summed E-state index contributed by atoms with van der Waals surface area (Å²) in [6.07, 6.45) is 2.54. The second-order valence-corrected chi connectivity index (χ2v) is 11.6. The van der Waals surface area contributed by atoms with Crippen molar-refractivity contribution in [3.8, 4) is 0 Å². The topological polar surface area (TPSA) is 96.1 Å². The zero-order chi connectivity index (χ0) is 20.6. The van der Waals surface area contributed by atoms with Crippen LogP contribution < -0.4 is 5.32 Å². The standard InChI is InChI=1S/C20H21FN2O4S2/c21-15-5-7-16(8-6-15)29(26,27)20-13-28(24,25)12-19(20)22-10-9-14-11-23-18-4-2-1-3-17(14)18/h1-8,11,19-20,22-23H,9-10,12-13H2. The normalized spacial score (nSPS) is 21.6. The summed E-state index contributed by atoms with van der Waals surface area (Å²) in [4.78, 5) is 3.12. The Kier molecular flexibility index (Phi) is 5.22. The van der Waals surface area contributed by atoms with Gasteiger partial charge in [-0.1, -0.05) is 18.2 Å². The van der Waals surface area contributed by atoms with Gasteiger partial charge in [-0.2, -0.15) is 0 Å². The number of rotatable bonds is 6. The zero-order valence-corrected chi connectivity index (χ0v) is 17.1. The zero-order valence-electron chi connectivity index (χ0n) is 15.5. The summed E-state index contributed by atoms with van der Waals surface area (Å²) in [7, 11) is -7.39. The lowest BCUT2D eigenvalue weighted by Gasteiger charge is -2.20. The number of fused-ring (bicyclic) bond motifs is 1. The van der Waals surface area contributed by atoms with E-state index < -0.39 is 42.5 Å². The molecule has 6 nitrogen and oxygen atoms in total. The molecule has 0 radical (unpaired) electrons. The molecule has 2 N–H and O–H groups in total. The fourth-order valence-electron chi connectivity index (χ4n) is 3.84. The highest BCUT2D eigenvalue weighted by atomic mass is 32.2. The van der Waals surface area contributed by atoms with E-state index in [9.17, 15) is 21.2 Å². The van der Waals surface area contributed by atoms with E-state index in [0.717, 1.165) is 28.6 Å². The number of para-hydroxylation sites is 1. The lowest BCUT2D eigenvalue weighted by molar-refractivity contribution is 0.528. The quantitative estimate of drug-likeness (QED) is 0.577. The van der Waals surface area contributed by atoms with Gasteiger partial charge in [-0.25, -0.2) is 21.2 Å². The van der Waals surface area contributed by atoms with Crippen LogP contribution in [0.3, 0.4) is 0 Å². The highest BCUT2D eigenvalue weighted by Crippen LogP contribution is 2.26. The summed E-state index contributed by atoms with van der Waals surface area (Å²) in [6, 6.07) is 11.6. The predicted molar refractivity (Wildman–Crippen MR) is 110 cm³/mol. The molecule has 1 aliphatic heterocycles. The van der Waals surface area contributed by atoms with Crippen molar-refractivity contribution in [3.05, 3.63) is 66.1 Å². The third-order valence-electron chi connectivity index (χ3n) is 5.32. The van der Waals surface area contributed by atoms with Gasteiger partial charge in [-0.05, 0) is 48.9 Å². The van der Waals surface area contributed by atoms with Crippen molar-refractivity contribution in [2.24, 2.45) is 0 Å². The van der Waals surface area contributed by atoms with Gasteiger partial charge in [0.15, 0.2) is 19.7 Å². The van der Waals surface area contributed by atoms with Crippen LogP contribution >= 0.6 is 0 Å². The van der Waals surface area contributed by atoms with Crippen molar-refractivity contribution in [2.75, 3.05) is 18.1 Å². The van der Waals surface area contributed by atoms with Gasteiger partial charge in [0.25, 0.3) is 0 Å². The van der Waals surface area contributed by atoms with Crippen molar-refractivity contribution < 1.29 is 21.2 Å². The number of H-pyrrole nitrogens is 1. The van der Waals surface area contributed by atoms with Crippen LogP contribution in [0, 0.1) is 5.82 Å². The molecule has 1 aromatic heterocycles. The third kappa shape index (κ3) is 4.08. The van der Waals surface area contributed by atoms with Crippen LogP contribution in [-0.2, 0) is 26.1 Å². The monoisotopic (exact) mass is 436 g/mol. The molecule has 1 aliphatic rings. The van der Waals surface area contributed by atoms with Gasteiger partial charge >= 0.3 is 0 Å². The SMILES string of the molecule is O=S1(=O)CC(NCCc2c[nH]c3ccccc23)C(S(=O)(=O)c2ccc(F)cc2)C1. The number of benzene rings is 2. The summed E-state index contributed by atoms with van der Waals surface area (Å²) in [6.45, 7) is 0.442. The van der Waals surface area contributed by atoms with Crippen LogP contribution in [0.1, 0.15) is 5.56 Å². The lowest BCUT2D eigenvalue weighted by atomic mass is 10.1. The van der Waals surface area contributed by atoms with E-state index in [-0.39, 0.29) is 10.6 Å². The summed E-state index contributed by atoms with van der Waals surface area (Å²) in [5.74, 6) is -1.21. The molecule has 0 aliphatic carbocycles. The Morgan fingerprint density at radius 1 is 1.07 bits per heavy atom. The average Bonchev–Trinajstić information content (AvgIpc) is 3.23. The number of aromatic nitrogens is 1. The molecule has 1 saturated heterocycles. The molecular weight excluding hydrogens is 415 g/mol. The molecule has 1 fully saturated rings. The maximum absolute atomic E-state index is 13.2. The molecule has 3 aromatic rings. The van der Waals surface area contributed by atoms with Crippen LogP contribution in [0.15, 0.2) is 59.6 Å². The summed E-state index contributed by atoms with van der Waals surface area (Å²) in [5, 5.41) is 3.12. The van der Waals surface area contributed by atoms with E-state index >= 15 is 0 Å². The number of aromatic amines is 1. The molecular formula is C20H21FN2O4S2. The van der Waals surface area contributed by atoms with Crippen LogP contribution in [0.5, 0.6) is 0 Å². The Morgan fingerprint density at radius 3 is 2.55 bits per heavy atom. The van der Waals surface area contributed by atoms with Gasteiger partial charge in [0.1, 0.15) is 5.82 Å². The van der Waals surface area contributed by atoms with Gasteiger partial charge in [-0.3, -0.25) is 0 Å². The Hall–Kier alpha value is -2.23. The number of sulfone groups is 2. The molecule has 2 atom stereocenters. The first kappa shape index (κ1) is 20.1. The second-order valence-electron chi connectivity index (χ2n) is 7.28. The summed E-state index contributed by atoms with van der Waals surface area (Å²) < 4.78 is 63.5. The average molecular weight is 437 g/mol. The first-order valence-electron chi connectivity index (χ1n) is 9.24. The molecule has 2 heterocycles. The molecule has 9 heteroatoms. The number of hydrogen-bond donors (Lipinski definition) is 2. The van der Waals surface area contributed by atoms with Crippen molar-refractivity contribution in [1.29, 1.82) is 0 Å². The third-order valence-corrected chi connectivity index (χ3v) is 9.48. The molecule has 0 spiro atoms. The minimum absolute atomic E-state index is 0.0653. The van der Waals surface area contributed by atoms with Gasteiger partial charge < -0.3 is 10.3 Å². The molecule has 2 aromatic carbocycles. The molecule has 4 rings (SSSR count). The molecule has 2 unspecified atom stereocenters. The molecule has 0 saturated carbocycles. The number of hydrogen-bond acceptors (Lipinski definition) is 5. The van der Waals surface area contributed by atoms with Crippen molar-refractivity contribution in [1.82, 2.24) is 10.3 Å². The molecule has 154 valence electrons. The fourth-order valence-corrected chi connectivity index (χ4v) is 8.56. The van der Waals surface area contributed by atoms with Gasteiger partial charge in [-0.15, -0.1) is 0 Å². The fraction of sp³-hybridized carbons (Fsp3) is 0.300. The van der Waals surface area contributed by atoms with E-state index in [1.54, 1.807) is 0 Å². The van der Waals surface area contributed by atoms with Crippen LogP contribution in [-0.4, -0.2) is 51.2 Å². The lowest BCUT2D eigenvalue weighted by Crippen LogP contribution is -2.44. The maximum atomic E-state index is 13.2. The number of nitrogens with one attached hydrogen (secondary N) is 2. The van der Waals surface area contributed by atoms with Gasteiger partial charge in [0.05, 0.1) is 21.7 Å². The maximum Gasteiger partial charge on any atom is 0.183 e. The minimum Gasteiger partial charge on any atom is -0.361 e. The van der Waals surface area contributed by atoms with E-state index in [4.69, 9.17) is 0 Å². The van der Waals surface area contributed by atoms with Gasteiger partial charge in [0, 0.05) is 23.1 Å². The minimum atomic E-state index is -3.91. The molecule has 0 amide bonds. The Morgan fingerprint density at radius 2 is 1.79 bits per heavy atom. The van der Waals surface area contributed by atoms with E-state index in [0.29, 0.717) is 13.0 Å². The first-order chi connectivity index (χ1) is 13.8. The van der Waals surface area contributed by atoms with Crippen LogP contribution in [0.25, 0.3) is 10.9 Å². The van der Waals surface area contributed by atoms with E-state index in [1.165, 1.54) is 12.1 Å². The second kappa shape index (κ2) is 7.55. The summed E-state index contributed by atoms with van der Waals surface area (Å²) >= 11 is 0. The van der Waals surface area contributed by atoms with Crippen LogP contribution in [0.2, 0.25) is 0 Å². The molecule has 0 bridgehead atoms. The first-order valence-corrected chi connectivity index (χ1v) is 12.6. The predicted octanol–water partition coefficient (Wildman–Crippen LogP) is 2.08. The van der Waals surface area contributed by atoms with Gasteiger partial charge in [0.2, 0.25) is 0 Å².